The highest BCUT2D eigenvalue weighted by Gasteiger charge is 2.30. The van der Waals surface area contributed by atoms with Crippen molar-refractivity contribution in [1.29, 1.82) is 0 Å². The maximum Gasteiger partial charge on any atom is 0.234 e. The van der Waals surface area contributed by atoms with Crippen molar-refractivity contribution in [2.75, 3.05) is 45.9 Å². The Labute approximate surface area is 138 Å². The van der Waals surface area contributed by atoms with E-state index in [0.29, 0.717) is 19.0 Å². The molecule has 6 nitrogen and oxygen atoms in total. The summed E-state index contributed by atoms with van der Waals surface area (Å²) in [5.41, 5.74) is 0. The number of nitrogens with one attached hydrogen (secondary N) is 1. The lowest BCUT2D eigenvalue weighted by Gasteiger charge is -2.31. The number of carbonyl (C=O) groups is 2. The van der Waals surface area contributed by atoms with Gasteiger partial charge >= 0.3 is 0 Å². The molecule has 3 aliphatic rings. The normalized spacial score (nSPS) is 26.6. The maximum absolute atomic E-state index is 12.3. The van der Waals surface area contributed by atoms with Crippen LogP contribution in [-0.2, 0) is 14.3 Å². The third-order valence-electron chi connectivity index (χ3n) is 5.27. The zero-order chi connectivity index (χ0) is 16.1. The van der Waals surface area contributed by atoms with Crippen molar-refractivity contribution in [3.05, 3.63) is 0 Å². The zero-order valence-electron chi connectivity index (χ0n) is 14.0. The number of nitrogens with zero attached hydrogens (tertiary/aromatic N) is 2. The van der Waals surface area contributed by atoms with Gasteiger partial charge in [-0.25, -0.2) is 0 Å². The van der Waals surface area contributed by atoms with Crippen LogP contribution in [0, 0.1) is 5.92 Å². The first-order valence-electron chi connectivity index (χ1n) is 9.12. The summed E-state index contributed by atoms with van der Waals surface area (Å²) in [6, 6.07) is 0. The second-order valence-corrected chi connectivity index (χ2v) is 7.02. The fraction of sp³-hybridized carbons (Fsp3) is 0.882. The second-order valence-electron chi connectivity index (χ2n) is 7.02. The monoisotopic (exact) mass is 323 g/mol. The quantitative estimate of drug-likeness (QED) is 0.805. The molecule has 2 saturated heterocycles. The lowest BCUT2D eigenvalue weighted by molar-refractivity contribution is -0.138. The summed E-state index contributed by atoms with van der Waals surface area (Å²) in [5, 5.41) is 2.98. The number of hydrogen-bond donors (Lipinski definition) is 1. The Morgan fingerprint density at radius 3 is 2.57 bits per heavy atom. The summed E-state index contributed by atoms with van der Waals surface area (Å²) in [6.07, 6.45) is 6.60. The molecule has 1 N–H and O–H groups in total. The molecule has 1 atom stereocenters. The minimum atomic E-state index is 0.0688. The van der Waals surface area contributed by atoms with E-state index in [4.69, 9.17) is 4.74 Å². The first kappa shape index (κ1) is 16.7. The Balaban J connectivity index is 1.37. The van der Waals surface area contributed by atoms with Gasteiger partial charge in [-0.15, -0.1) is 0 Å². The minimum Gasteiger partial charge on any atom is -0.376 e. The molecule has 130 valence electrons. The lowest BCUT2D eigenvalue weighted by Crippen LogP contribution is -2.43. The van der Waals surface area contributed by atoms with Crippen molar-refractivity contribution in [3.63, 3.8) is 0 Å². The van der Waals surface area contributed by atoms with Gasteiger partial charge in [0.25, 0.3) is 0 Å². The predicted octanol–water partition coefficient (Wildman–Crippen LogP) is 0.616. The summed E-state index contributed by atoms with van der Waals surface area (Å²) in [6.45, 7) is 5.15. The Bertz CT molecular complexity index is 419. The van der Waals surface area contributed by atoms with Gasteiger partial charge in [0.1, 0.15) is 0 Å². The molecular weight excluding hydrogens is 294 g/mol. The molecule has 0 aromatic heterocycles. The topological polar surface area (TPSA) is 61.9 Å². The molecule has 2 aliphatic heterocycles. The van der Waals surface area contributed by atoms with Crippen molar-refractivity contribution in [2.24, 2.45) is 5.92 Å². The van der Waals surface area contributed by atoms with Gasteiger partial charge in [0, 0.05) is 45.2 Å². The molecule has 1 saturated carbocycles. The number of ether oxygens (including phenoxy) is 1. The van der Waals surface area contributed by atoms with Gasteiger partial charge in [-0.3, -0.25) is 14.5 Å². The van der Waals surface area contributed by atoms with E-state index in [-0.39, 0.29) is 17.9 Å². The molecule has 0 aromatic carbocycles. The molecular formula is C17H29N3O3. The van der Waals surface area contributed by atoms with Crippen LogP contribution in [0.1, 0.15) is 38.5 Å². The summed E-state index contributed by atoms with van der Waals surface area (Å²) in [5.74, 6) is 0.677. The Morgan fingerprint density at radius 1 is 1.00 bits per heavy atom. The number of amides is 2. The second kappa shape index (κ2) is 8.11. The first-order chi connectivity index (χ1) is 11.2. The van der Waals surface area contributed by atoms with Crippen molar-refractivity contribution in [2.45, 2.75) is 44.6 Å². The van der Waals surface area contributed by atoms with Gasteiger partial charge in [0.2, 0.25) is 11.8 Å². The standard InChI is InChI=1S/C17H29N3O3/c21-16(18-12-15-6-2-11-23-15)13-19-7-3-8-20(10-9-19)17(22)14-4-1-5-14/h14-15H,1-13H2,(H,18,21). The van der Waals surface area contributed by atoms with E-state index in [1.807, 2.05) is 4.90 Å². The Hall–Kier alpha value is -1.14. The summed E-state index contributed by atoms with van der Waals surface area (Å²) >= 11 is 0. The fourth-order valence-corrected chi connectivity index (χ4v) is 3.55. The van der Waals surface area contributed by atoms with Crippen LogP contribution in [0.2, 0.25) is 0 Å². The minimum absolute atomic E-state index is 0.0688. The summed E-state index contributed by atoms with van der Waals surface area (Å²) in [4.78, 5) is 28.6. The van der Waals surface area contributed by atoms with Crippen molar-refractivity contribution in [3.8, 4) is 0 Å². The van der Waals surface area contributed by atoms with Crippen LogP contribution in [0.3, 0.4) is 0 Å². The van der Waals surface area contributed by atoms with Gasteiger partial charge in [-0.2, -0.15) is 0 Å². The van der Waals surface area contributed by atoms with Crippen molar-refractivity contribution >= 4 is 11.8 Å². The molecule has 2 amide bonds. The SMILES string of the molecule is O=C(CN1CCCN(C(=O)C2CCC2)CC1)NCC1CCCO1. The van der Waals surface area contributed by atoms with Gasteiger partial charge < -0.3 is 15.0 Å². The van der Waals surface area contributed by atoms with E-state index in [1.165, 1.54) is 6.42 Å². The molecule has 1 unspecified atom stereocenters. The molecule has 0 aromatic rings. The van der Waals surface area contributed by atoms with Crippen LogP contribution in [0.15, 0.2) is 0 Å². The van der Waals surface area contributed by atoms with E-state index in [9.17, 15) is 9.59 Å². The van der Waals surface area contributed by atoms with Crippen LogP contribution in [-0.4, -0.2) is 73.6 Å². The van der Waals surface area contributed by atoms with Crippen LogP contribution in [0.4, 0.5) is 0 Å². The molecule has 1 aliphatic carbocycles. The van der Waals surface area contributed by atoms with Crippen molar-refractivity contribution in [1.82, 2.24) is 15.1 Å². The van der Waals surface area contributed by atoms with Gasteiger partial charge in [-0.05, 0) is 32.1 Å². The molecule has 6 heteroatoms. The van der Waals surface area contributed by atoms with E-state index >= 15 is 0 Å². The average molecular weight is 323 g/mol. The highest BCUT2D eigenvalue weighted by Crippen LogP contribution is 2.28. The molecule has 23 heavy (non-hydrogen) atoms. The van der Waals surface area contributed by atoms with Crippen LogP contribution in [0.25, 0.3) is 0 Å². The predicted molar refractivity (Wildman–Crippen MR) is 87.0 cm³/mol. The number of carbonyl (C=O) groups excluding carboxylic acids is 2. The molecule has 0 spiro atoms. The Morgan fingerprint density at radius 2 is 1.87 bits per heavy atom. The highest BCUT2D eigenvalue weighted by atomic mass is 16.5. The number of rotatable bonds is 5. The summed E-state index contributed by atoms with van der Waals surface area (Å²) in [7, 11) is 0. The van der Waals surface area contributed by atoms with Gasteiger partial charge in [0.15, 0.2) is 0 Å². The molecule has 2 heterocycles. The molecule has 0 radical (unpaired) electrons. The summed E-state index contributed by atoms with van der Waals surface area (Å²) < 4.78 is 5.52. The maximum atomic E-state index is 12.3. The van der Waals surface area contributed by atoms with Crippen LogP contribution in [0.5, 0.6) is 0 Å². The van der Waals surface area contributed by atoms with Crippen LogP contribution < -0.4 is 5.32 Å². The number of hydrogen-bond acceptors (Lipinski definition) is 4. The highest BCUT2D eigenvalue weighted by molar-refractivity contribution is 5.80. The molecule has 0 bridgehead atoms. The van der Waals surface area contributed by atoms with Crippen LogP contribution >= 0.6 is 0 Å². The van der Waals surface area contributed by atoms with E-state index in [0.717, 1.165) is 64.9 Å². The van der Waals surface area contributed by atoms with E-state index in [1.54, 1.807) is 0 Å². The third kappa shape index (κ3) is 4.67. The smallest absolute Gasteiger partial charge is 0.234 e. The zero-order valence-corrected chi connectivity index (χ0v) is 14.0. The average Bonchev–Trinajstić information content (AvgIpc) is 2.89. The Kier molecular flexibility index (Phi) is 5.89. The van der Waals surface area contributed by atoms with E-state index in [2.05, 4.69) is 10.2 Å². The lowest BCUT2D eigenvalue weighted by atomic mass is 9.84. The first-order valence-corrected chi connectivity index (χ1v) is 9.12. The third-order valence-corrected chi connectivity index (χ3v) is 5.27. The molecule has 3 fully saturated rings. The molecule has 3 rings (SSSR count). The van der Waals surface area contributed by atoms with Gasteiger partial charge in [0.05, 0.1) is 12.6 Å². The largest absolute Gasteiger partial charge is 0.376 e. The van der Waals surface area contributed by atoms with E-state index < -0.39 is 0 Å². The van der Waals surface area contributed by atoms with Crippen molar-refractivity contribution < 1.29 is 14.3 Å². The van der Waals surface area contributed by atoms with Gasteiger partial charge in [-0.1, -0.05) is 6.42 Å². The fourth-order valence-electron chi connectivity index (χ4n) is 3.55.